The summed E-state index contributed by atoms with van der Waals surface area (Å²) in [5.74, 6) is 0. The van der Waals surface area contributed by atoms with E-state index in [1.807, 2.05) is 0 Å². The van der Waals surface area contributed by atoms with Gasteiger partial charge < -0.3 is 10.6 Å². The highest BCUT2D eigenvalue weighted by atomic mass is 15.3. The fourth-order valence-electron chi connectivity index (χ4n) is 5.58. The number of nitrogens with two attached hydrogens (primary N) is 1. The minimum atomic E-state index is 0.208. The molecule has 0 bridgehead atoms. The zero-order chi connectivity index (χ0) is 15.9. The predicted molar refractivity (Wildman–Crippen MR) is 91.5 cm³/mol. The van der Waals surface area contributed by atoms with E-state index >= 15 is 0 Å². The van der Waals surface area contributed by atoms with Crippen LogP contribution in [0, 0.1) is 10.8 Å². The third kappa shape index (κ3) is 3.62. The number of piperazine rings is 1. The Bertz CT molecular complexity index is 345. The van der Waals surface area contributed by atoms with Crippen LogP contribution >= 0.6 is 0 Å². The predicted octanol–water partition coefficient (Wildman–Crippen LogP) is 2.95. The van der Waals surface area contributed by atoms with Crippen molar-refractivity contribution < 1.29 is 0 Å². The molecule has 2 fully saturated rings. The largest absolute Gasteiger partial charge is 0.329 e. The van der Waals surface area contributed by atoms with Crippen molar-refractivity contribution in [3.63, 3.8) is 0 Å². The first-order chi connectivity index (χ1) is 9.63. The van der Waals surface area contributed by atoms with Crippen LogP contribution in [0.4, 0.5) is 0 Å². The molecular weight excluding hydrogens is 258 g/mol. The molecule has 1 saturated carbocycles. The van der Waals surface area contributed by atoms with Gasteiger partial charge >= 0.3 is 0 Å². The van der Waals surface area contributed by atoms with Crippen LogP contribution in [0.15, 0.2) is 0 Å². The van der Waals surface area contributed by atoms with Crippen molar-refractivity contribution in [2.24, 2.45) is 16.6 Å². The summed E-state index contributed by atoms with van der Waals surface area (Å²) in [6.45, 7) is 16.4. The minimum Gasteiger partial charge on any atom is -0.329 e. The van der Waals surface area contributed by atoms with Gasteiger partial charge in [0, 0.05) is 37.8 Å². The second-order valence-corrected chi connectivity index (χ2v) is 9.28. The summed E-state index contributed by atoms with van der Waals surface area (Å²) in [4.78, 5) is 5.28. The van der Waals surface area contributed by atoms with E-state index in [4.69, 9.17) is 5.73 Å². The maximum absolute atomic E-state index is 6.38. The van der Waals surface area contributed by atoms with E-state index in [0.29, 0.717) is 16.9 Å². The molecule has 0 aromatic heterocycles. The Morgan fingerprint density at radius 2 is 1.57 bits per heavy atom. The number of rotatable bonds is 3. The Morgan fingerprint density at radius 3 is 2.05 bits per heavy atom. The molecule has 0 aromatic rings. The Labute approximate surface area is 132 Å². The molecule has 3 heteroatoms. The highest BCUT2D eigenvalue weighted by Crippen LogP contribution is 2.52. The van der Waals surface area contributed by atoms with E-state index < -0.39 is 0 Å². The maximum Gasteiger partial charge on any atom is 0.0343 e. The number of hydrogen-bond donors (Lipinski definition) is 1. The third-order valence-electron chi connectivity index (χ3n) is 5.87. The number of hydrogen-bond acceptors (Lipinski definition) is 3. The van der Waals surface area contributed by atoms with Gasteiger partial charge in [-0.1, -0.05) is 34.6 Å². The van der Waals surface area contributed by atoms with E-state index in [1.165, 1.54) is 45.3 Å². The van der Waals surface area contributed by atoms with E-state index in [0.717, 1.165) is 6.54 Å². The van der Waals surface area contributed by atoms with Gasteiger partial charge in [0.1, 0.15) is 0 Å². The summed E-state index contributed by atoms with van der Waals surface area (Å²) in [5, 5.41) is 0. The van der Waals surface area contributed by atoms with Crippen LogP contribution in [-0.2, 0) is 0 Å². The summed E-state index contributed by atoms with van der Waals surface area (Å²) in [6, 6.07) is 0.690. The van der Waals surface area contributed by atoms with Crippen molar-refractivity contribution >= 4 is 0 Å². The molecule has 2 N–H and O–H groups in total. The Morgan fingerprint density at radius 1 is 1.00 bits per heavy atom. The molecule has 21 heavy (non-hydrogen) atoms. The average Bonchev–Trinajstić information content (AvgIpc) is 2.35. The van der Waals surface area contributed by atoms with Crippen molar-refractivity contribution in [2.45, 2.75) is 71.9 Å². The molecule has 1 heterocycles. The first kappa shape index (κ1) is 17.2. The van der Waals surface area contributed by atoms with Crippen LogP contribution in [0.5, 0.6) is 0 Å². The van der Waals surface area contributed by atoms with Gasteiger partial charge in [0.15, 0.2) is 0 Å². The molecule has 1 aliphatic carbocycles. The average molecular weight is 296 g/mol. The molecule has 0 spiro atoms. The smallest absolute Gasteiger partial charge is 0.0343 e. The SMILES string of the molecule is CCC1CN(C2(CN)CC(C)(C)CC(C)(C)C2)CCN1C. The first-order valence-corrected chi connectivity index (χ1v) is 8.78. The fraction of sp³-hybridized carbons (Fsp3) is 1.00. The van der Waals surface area contributed by atoms with Gasteiger partial charge in [-0.25, -0.2) is 0 Å². The summed E-state index contributed by atoms with van der Waals surface area (Å²) >= 11 is 0. The number of likely N-dealkylation sites (N-methyl/N-ethyl adjacent to an activating group) is 1. The van der Waals surface area contributed by atoms with Crippen molar-refractivity contribution in [3.8, 4) is 0 Å². The van der Waals surface area contributed by atoms with Crippen molar-refractivity contribution in [1.82, 2.24) is 9.80 Å². The third-order valence-corrected chi connectivity index (χ3v) is 5.87. The second-order valence-electron chi connectivity index (χ2n) is 9.28. The molecular formula is C18H37N3. The van der Waals surface area contributed by atoms with Crippen molar-refractivity contribution in [3.05, 3.63) is 0 Å². The minimum absolute atomic E-state index is 0.208. The first-order valence-electron chi connectivity index (χ1n) is 8.78. The lowest BCUT2D eigenvalue weighted by molar-refractivity contribution is -0.0704. The van der Waals surface area contributed by atoms with E-state index in [2.05, 4.69) is 51.5 Å². The summed E-state index contributed by atoms with van der Waals surface area (Å²) in [6.07, 6.45) is 5.05. The number of nitrogens with zero attached hydrogens (tertiary/aromatic N) is 2. The standard InChI is InChI=1S/C18H37N3/c1-7-15-10-21(9-8-20(15)6)18(14-19)12-16(2,3)11-17(4,5)13-18/h15H,7-14,19H2,1-6H3. The molecule has 3 nitrogen and oxygen atoms in total. The van der Waals surface area contributed by atoms with Gasteiger partial charge in [0.25, 0.3) is 0 Å². The van der Waals surface area contributed by atoms with Crippen LogP contribution < -0.4 is 5.73 Å². The topological polar surface area (TPSA) is 32.5 Å². The quantitative estimate of drug-likeness (QED) is 0.869. The summed E-state index contributed by atoms with van der Waals surface area (Å²) in [5.41, 5.74) is 7.38. The molecule has 124 valence electrons. The van der Waals surface area contributed by atoms with Gasteiger partial charge in [-0.05, 0) is 43.6 Å². The van der Waals surface area contributed by atoms with Gasteiger partial charge in [-0.15, -0.1) is 0 Å². The molecule has 2 aliphatic rings. The highest BCUT2D eigenvalue weighted by molar-refractivity contribution is 5.06. The van der Waals surface area contributed by atoms with Crippen molar-refractivity contribution in [2.75, 3.05) is 33.2 Å². The van der Waals surface area contributed by atoms with Crippen LogP contribution in [-0.4, -0.2) is 54.6 Å². The van der Waals surface area contributed by atoms with Crippen molar-refractivity contribution in [1.29, 1.82) is 0 Å². The Kier molecular flexibility index (Phi) is 4.78. The normalized spacial score (nSPS) is 33.0. The Balaban J connectivity index is 2.24. The lowest BCUT2D eigenvalue weighted by Gasteiger charge is -2.58. The second kappa shape index (κ2) is 5.82. The van der Waals surface area contributed by atoms with E-state index in [-0.39, 0.29) is 5.54 Å². The molecule has 1 saturated heterocycles. The Hall–Kier alpha value is -0.120. The zero-order valence-corrected chi connectivity index (χ0v) is 15.2. The zero-order valence-electron chi connectivity index (χ0n) is 15.2. The molecule has 0 radical (unpaired) electrons. The van der Waals surface area contributed by atoms with Crippen LogP contribution in [0.25, 0.3) is 0 Å². The van der Waals surface area contributed by atoms with E-state index in [1.54, 1.807) is 0 Å². The van der Waals surface area contributed by atoms with Gasteiger partial charge in [-0.3, -0.25) is 4.90 Å². The molecule has 1 unspecified atom stereocenters. The van der Waals surface area contributed by atoms with Gasteiger partial charge in [0.2, 0.25) is 0 Å². The molecule has 0 amide bonds. The summed E-state index contributed by atoms with van der Waals surface area (Å²) < 4.78 is 0. The van der Waals surface area contributed by atoms with E-state index in [9.17, 15) is 0 Å². The van der Waals surface area contributed by atoms with Gasteiger partial charge in [-0.2, -0.15) is 0 Å². The van der Waals surface area contributed by atoms with Crippen LogP contribution in [0.1, 0.15) is 60.3 Å². The lowest BCUT2D eigenvalue weighted by atomic mass is 9.57. The fourth-order valence-corrected chi connectivity index (χ4v) is 5.58. The maximum atomic E-state index is 6.38. The lowest BCUT2D eigenvalue weighted by Crippen LogP contribution is -2.66. The monoisotopic (exact) mass is 295 g/mol. The molecule has 2 rings (SSSR count). The molecule has 1 aliphatic heterocycles. The van der Waals surface area contributed by atoms with Gasteiger partial charge in [0.05, 0.1) is 0 Å². The molecule has 0 aromatic carbocycles. The molecule has 1 atom stereocenters. The van der Waals surface area contributed by atoms with Crippen LogP contribution in [0.3, 0.4) is 0 Å². The van der Waals surface area contributed by atoms with Crippen LogP contribution in [0.2, 0.25) is 0 Å². The summed E-state index contributed by atoms with van der Waals surface area (Å²) in [7, 11) is 2.27. The highest BCUT2D eigenvalue weighted by Gasteiger charge is 2.50.